The van der Waals surface area contributed by atoms with Crippen molar-refractivity contribution in [1.82, 2.24) is 4.90 Å². The number of esters is 1. The van der Waals surface area contributed by atoms with Crippen LogP contribution in [0, 0.1) is 5.92 Å². The molecule has 128 valence electrons. The van der Waals surface area contributed by atoms with Crippen LogP contribution in [0.4, 0.5) is 0 Å². The zero-order chi connectivity index (χ0) is 16.8. The number of rotatable bonds is 6. The molecule has 0 bridgehead atoms. The molecule has 0 aromatic heterocycles. The monoisotopic (exact) mass is 341 g/mol. The maximum Gasteiger partial charge on any atom is 0.342 e. The van der Waals surface area contributed by atoms with Crippen LogP contribution in [-0.2, 0) is 9.47 Å². The van der Waals surface area contributed by atoms with Crippen LogP contribution in [0.15, 0.2) is 18.2 Å². The first-order valence-corrected chi connectivity index (χ1v) is 8.22. The second kappa shape index (κ2) is 8.52. The van der Waals surface area contributed by atoms with E-state index in [0.29, 0.717) is 28.9 Å². The molecule has 1 atom stereocenters. The molecular formula is C17H24ClNO4. The molecule has 2 rings (SSSR count). The lowest BCUT2D eigenvalue weighted by Crippen LogP contribution is -2.45. The lowest BCUT2D eigenvalue weighted by Gasteiger charge is -2.33. The van der Waals surface area contributed by atoms with Gasteiger partial charge in [0.25, 0.3) is 0 Å². The summed E-state index contributed by atoms with van der Waals surface area (Å²) in [5, 5.41) is 0.467. The highest BCUT2D eigenvalue weighted by atomic mass is 35.5. The van der Waals surface area contributed by atoms with Crippen LogP contribution in [0.25, 0.3) is 0 Å². The fraction of sp³-hybridized carbons (Fsp3) is 0.588. The SMILES string of the molecule is COc1ccc(Cl)cc1C(=O)OCC1CN(CC(C)C)CCO1. The van der Waals surface area contributed by atoms with Gasteiger partial charge in [0.2, 0.25) is 0 Å². The number of carbonyl (C=O) groups is 1. The lowest BCUT2D eigenvalue weighted by atomic mass is 10.2. The summed E-state index contributed by atoms with van der Waals surface area (Å²) in [6.45, 7) is 7.99. The highest BCUT2D eigenvalue weighted by Gasteiger charge is 2.23. The molecule has 1 aliphatic rings. The van der Waals surface area contributed by atoms with Gasteiger partial charge in [-0.15, -0.1) is 0 Å². The van der Waals surface area contributed by atoms with Crippen molar-refractivity contribution in [3.05, 3.63) is 28.8 Å². The Morgan fingerprint density at radius 2 is 2.26 bits per heavy atom. The Labute approximate surface area is 142 Å². The van der Waals surface area contributed by atoms with E-state index in [1.165, 1.54) is 7.11 Å². The molecule has 6 heteroatoms. The maximum atomic E-state index is 12.2. The number of hydrogen-bond acceptors (Lipinski definition) is 5. The van der Waals surface area contributed by atoms with Gasteiger partial charge in [-0.05, 0) is 24.1 Å². The molecule has 1 aromatic carbocycles. The second-order valence-corrected chi connectivity index (χ2v) is 6.53. The maximum absolute atomic E-state index is 12.2. The van der Waals surface area contributed by atoms with Crippen molar-refractivity contribution in [3.63, 3.8) is 0 Å². The Morgan fingerprint density at radius 1 is 1.48 bits per heavy atom. The van der Waals surface area contributed by atoms with Gasteiger partial charge in [0.1, 0.15) is 24.0 Å². The molecular weight excluding hydrogens is 318 g/mol. The summed E-state index contributed by atoms with van der Waals surface area (Å²) in [7, 11) is 1.51. The Bertz CT molecular complexity index is 535. The first-order valence-electron chi connectivity index (χ1n) is 7.84. The van der Waals surface area contributed by atoms with Crippen LogP contribution in [0.5, 0.6) is 5.75 Å². The number of benzene rings is 1. The van der Waals surface area contributed by atoms with Crippen molar-refractivity contribution in [2.24, 2.45) is 5.92 Å². The normalized spacial score (nSPS) is 18.9. The molecule has 23 heavy (non-hydrogen) atoms. The standard InChI is InChI=1S/C17H24ClNO4/c1-12(2)9-19-6-7-22-14(10-19)11-23-17(20)15-8-13(18)4-5-16(15)21-3/h4-5,8,12,14H,6-7,9-11H2,1-3H3. The average molecular weight is 342 g/mol. The molecule has 1 aromatic rings. The van der Waals surface area contributed by atoms with Gasteiger partial charge in [0.05, 0.1) is 13.7 Å². The molecule has 1 heterocycles. The van der Waals surface area contributed by atoms with E-state index in [9.17, 15) is 4.79 Å². The first-order chi connectivity index (χ1) is 11.0. The van der Waals surface area contributed by atoms with E-state index in [0.717, 1.165) is 19.6 Å². The number of morpholine rings is 1. The zero-order valence-electron chi connectivity index (χ0n) is 13.9. The third kappa shape index (κ3) is 5.37. The molecule has 0 saturated carbocycles. The Balaban J connectivity index is 1.90. The van der Waals surface area contributed by atoms with E-state index >= 15 is 0 Å². The van der Waals surface area contributed by atoms with Crippen molar-refractivity contribution in [1.29, 1.82) is 0 Å². The Kier molecular flexibility index (Phi) is 6.69. The molecule has 0 spiro atoms. The average Bonchev–Trinajstić information content (AvgIpc) is 2.52. The number of carbonyl (C=O) groups excluding carboxylic acids is 1. The van der Waals surface area contributed by atoms with Crippen LogP contribution in [0.2, 0.25) is 5.02 Å². The van der Waals surface area contributed by atoms with Crippen LogP contribution >= 0.6 is 11.6 Å². The topological polar surface area (TPSA) is 48.0 Å². The fourth-order valence-corrected chi connectivity index (χ4v) is 2.82. The third-order valence-electron chi connectivity index (χ3n) is 3.63. The van der Waals surface area contributed by atoms with E-state index in [-0.39, 0.29) is 12.7 Å². The van der Waals surface area contributed by atoms with Crippen molar-refractivity contribution < 1.29 is 19.0 Å². The predicted molar refractivity (Wildman–Crippen MR) is 89.3 cm³/mol. The van der Waals surface area contributed by atoms with E-state index in [4.69, 9.17) is 25.8 Å². The summed E-state index contributed by atoms with van der Waals surface area (Å²) in [5.41, 5.74) is 0.329. The van der Waals surface area contributed by atoms with Crippen LogP contribution in [0.3, 0.4) is 0 Å². The molecule has 1 aliphatic heterocycles. The van der Waals surface area contributed by atoms with Gasteiger partial charge >= 0.3 is 5.97 Å². The van der Waals surface area contributed by atoms with Gasteiger partial charge in [0, 0.05) is 24.7 Å². The van der Waals surface area contributed by atoms with Crippen molar-refractivity contribution in [3.8, 4) is 5.75 Å². The summed E-state index contributed by atoms with van der Waals surface area (Å²) in [5.74, 6) is 0.603. The van der Waals surface area contributed by atoms with E-state index in [1.807, 2.05) is 0 Å². The van der Waals surface area contributed by atoms with E-state index in [2.05, 4.69) is 18.7 Å². The van der Waals surface area contributed by atoms with Gasteiger partial charge < -0.3 is 14.2 Å². The molecule has 0 radical (unpaired) electrons. The molecule has 1 fully saturated rings. The molecule has 5 nitrogen and oxygen atoms in total. The van der Waals surface area contributed by atoms with Crippen LogP contribution in [0.1, 0.15) is 24.2 Å². The summed E-state index contributed by atoms with van der Waals surface area (Å²) < 4.78 is 16.2. The summed E-state index contributed by atoms with van der Waals surface area (Å²) in [6, 6.07) is 4.88. The Hall–Kier alpha value is -1.30. The molecule has 1 saturated heterocycles. The Morgan fingerprint density at radius 3 is 2.96 bits per heavy atom. The molecule has 1 unspecified atom stereocenters. The largest absolute Gasteiger partial charge is 0.496 e. The lowest BCUT2D eigenvalue weighted by molar-refractivity contribution is -0.0613. The number of methoxy groups -OCH3 is 1. The molecule has 0 N–H and O–H groups in total. The van der Waals surface area contributed by atoms with Gasteiger partial charge in [-0.3, -0.25) is 4.90 Å². The third-order valence-corrected chi connectivity index (χ3v) is 3.86. The molecule has 0 amide bonds. The van der Waals surface area contributed by atoms with Crippen LogP contribution in [-0.4, -0.2) is 56.9 Å². The number of ether oxygens (including phenoxy) is 3. The number of nitrogens with zero attached hydrogens (tertiary/aromatic N) is 1. The van der Waals surface area contributed by atoms with E-state index in [1.54, 1.807) is 18.2 Å². The van der Waals surface area contributed by atoms with Gasteiger partial charge in [-0.2, -0.15) is 0 Å². The minimum absolute atomic E-state index is 0.100. The fourth-order valence-electron chi connectivity index (χ4n) is 2.65. The van der Waals surface area contributed by atoms with Crippen molar-refractivity contribution >= 4 is 17.6 Å². The summed E-state index contributed by atoms with van der Waals surface area (Å²) in [6.07, 6.45) is -0.100. The minimum Gasteiger partial charge on any atom is -0.496 e. The van der Waals surface area contributed by atoms with Crippen molar-refractivity contribution in [2.75, 3.05) is 40.0 Å². The van der Waals surface area contributed by atoms with Crippen LogP contribution < -0.4 is 4.74 Å². The van der Waals surface area contributed by atoms with Gasteiger partial charge in [-0.1, -0.05) is 25.4 Å². The second-order valence-electron chi connectivity index (χ2n) is 6.09. The minimum atomic E-state index is -0.450. The zero-order valence-corrected chi connectivity index (χ0v) is 14.6. The van der Waals surface area contributed by atoms with Crippen molar-refractivity contribution in [2.45, 2.75) is 20.0 Å². The number of hydrogen-bond donors (Lipinski definition) is 0. The highest BCUT2D eigenvalue weighted by Crippen LogP contribution is 2.23. The first kappa shape index (κ1) is 18.0. The van der Waals surface area contributed by atoms with Gasteiger partial charge in [-0.25, -0.2) is 4.79 Å². The smallest absolute Gasteiger partial charge is 0.342 e. The van der Waals surface area contributed by atoms with Gasteiger partial charge in [0.15, 0.2) is 0 Å². The van der Waals surface area contributed by atoms with E-state index < -0.39 is 5.97 Å². The quantitative estimate of drug-likeness (QED) is 0.745. The number of halogens is 1. The molecule has 0 aliphatic carbocycles. The summed E-state index contributed by atoms with van der Waals surface area (Å²) >= 11 is 5.94. The summed E-state index contributed by atoms with van der Waals surface area (Å²) in [4.78, 5) is 14.6. The predicted octanol–water partition coefficient (Wildman–Crippen LogP) is 2.86. The highest BCUT2D eigenvalue weighted by molar-refractivity contribution is 6.31.